The molecule has 10 heteroatoms. The number of aromatic nitrogens is 4. The number of benzene rings is 1. The van der Waals surface area contributed by atoms with Crippen molar-refractivity contribution in [1.29, 1.82) is 0 Å². The van der Waals surface area contributed by atoms with Gasteiger partial charge in [-0.2, -0.15) is 4.98 Å². The second-order valence-electron chi connectivity index (χ2n) is 7.76. The Morgan fingerprint density at radius 1 is 1.23 bits per heavy atom. The molecule has 2 fully saturated rings. The van der Waals surface area contributed by atoms with Gasteiger partial charge >= 0.3 is 0 Å². The van der Waals surface area contributed by atoms with Crippen LogP contribution in [-0.2, 0) is 9.53 Å². The summed E-state index contributed by atoms with van der Waals surface area (Å²) in [5.74, 6) is 0.798. The van der Waals surface area contributed by atoms with Gasteiger partial charge in [-0.15, -0.1) is 0 Å². The highest BCUT2D eigenvalue weighted by atomic mass is 19.1. The Kier molecular flexibility index (Phi) is 3.88. The Bertz CT molecular complexity index is 1130. The summed E-state index contributed by atoms with van der Waals surface area (Å²) >= 11 is 0. The fraction of sp³-hybridized carbons (Fsp3) is 0.400. The van der Waals surface area contributed by atoms with E-state index in [1.807, 2.05) is 0 Å². The number of nitrogens with one attached hydrogen (secondary N) is 1. The van der Waals surface area contributed by atoms with E-state index >= 15 is 0 Å². The molecule has 4 heterocycles. The first kappa shape index (κ1) is 17.6. The lowest BCUT2D eigenvalue weighted by Crippen LogP contribution is -2.45. The Morgan fingerprint density at radius 3 is 2.87 bits per heavy atom. The predicted octanol–water partition coefficient (Wildman–Crippen LogP) is 2.26. The summed E-state index contributed by atoms with van der Waals surface area (Å²) < 4.78 is 26.6. The first-order valence-electron chi connectivity index (χ1n) is 10.0. The van der Waals surface area contributed by atoms with Crippen LogP contribution < -0.4 is 5.32 Å². The third-order valence-corrected chi connectivity index (χ3v) is 5.75. The number of imidazole rings is 1. The molecule has 0 radical (unpaired) electrons. The van der Waals surface area contributed by atoms with Crippen LogP contribution in [-0.4, -0.2) is 56.8 Å². The molecule has 1 aromatic carbocycles. The monoisotopic (exact) mass is 410 g/mol. The van der Waals surface area contributed by atoms with E-state index in [1.165, 1.54) is 12.1 Å². The van der Waals surface area contributed by atoms with Crippen LogP contribution in [0.5, 0.6) is 0 Å². The van der Waals surface area contributed by atoms with Crippen molar-refractivity contribution in [3.05, 3.63) is 41.9 Å². The molecular formula is C20H19FN6O3. The highest BCUT2D eigenvalue weighted by Gasteiger charge is 2.38. The van der Waals surface area contributed by atoms with E-state index in [9.17, 15) is 9.18 Å². The highest BCUT2D eigenvalue weighted by Crippen LogP contribution is 2.41. The summed E-state index contributed by atoms with van der Waals surface area (Å²) in [5, 5.41) is 7.29. The van der Waals surface area contributed by atoms with E-state index in [1.54, 1.807) is 21.9 Å². The van der Waals surface area contributed by atoms with Crippen LogP contribution in [0.1, 0.15) is 36.3 Å². The van der Waals surface area contributed by atoms with Gasteiger partial charge < -0.3 is 19.5 Å². The third-order valence-electron chi connectivity index (χ3n) is 5.75. The van der Waals surface area contributed by atoms with Crippen molar-refractivity contribution in [2.75, 3.05) is 31.6 Å². The molecule has 9 nitrogen and oxygen atoms in total. The number of hydrogen-bond acceptors (Lipinski definition) is 7. The van der Waals surface area contributed by atoms with E-state index in [2.05, 4.69) is 20.4 Å². The number of halogens is 1. The van der Waals surface area contributed by atoms with Crippen LogP contribution in [0.25, 0.3) is 17.3 Å². The average Bonchev–Trinajstić information content (AvgIpc) is 3.33. The van der Waals surface area contributed by atoms with Crippen molar-refractivity contribution < 1.29 is 18.4 Å². The van der Waals surface area contributed by atoms with Gasteiger partial charge in [-0.3, -0.25) is 9.36 Å². The second-order valence-corrected chi connectivity index (χ2v) is 7.76. The predicted molar refractivity (Wildman–Crippen MR) is 103 cm³/mol. The molecule has 1 atom stereocenters. The SMILES string of the molecule is O=C(C1Nc2cc(F)ccc2-n2cnc(-c3nc(C4CC4)no3)c21)N1CCOCC1. The van der Waals surface area contributed by atoms with Crippen molar-refractivity contribution in [2.24, 2.45) is 0 Å². The minimum Gasteiger partial charge on any atom is -0.378 e. The normalized spacial score (nSPS) is 20.4. The zero-order valence-electron chi connectivity index (χ0n) is 16.0. The third kappa shape index (κ3) is 2.78. The topological polar surface area (TPSA) is 98.3 Å². The van der Waals surface area contributed by atoms with Gasteiger partial charge in [-0.25, -0.2) is 9.37 Å². The average molecular weight is 410 g/mol. The molecule has 6 rings (SSSR count). The first-order chi connectivity index (χ1) is 14.7. The number of morpholine rings is 1. The van der Waals surface area contributed by atoms with Gasteiger partial charge in [0, 0.05) is 19.0 Å². The maximum atomic E-state index is 13.9. The largest absolute Gasteiger partial charge is 0.378 e. The smallest absolute Gasteiger partial charge is 0.278 e. The highest BCUT2D eigenvalue weighted by molar-refractivity contribution is 5.90. The summed E-state index contributed by atoms with van der Waals surface area (Å²) in [6.45, 7) is 1.99. The zero-order valence-corrected chi connectivity index (χ0v) is 16.0. The Balaban J connectivity index is 1.46. The molecule has 0 bridgehead atoms. The minimum atomic E-state index is -0.758. The van der Waals surface area contributed by atoms with Crippen molar-refractivity contribution in [3.63, 3.8) is 0 Å². The molecule has 2 aromatic heterocycles. The minimum absolute atomic E-state index is 0.127. The van der Waals surface area contributed by atoms with Crippen LogP contribution in [0, 0.1) is 5.82 Å². The van der Waals surface area contributed by atoms with Crippen molar-refractivity contribution in [3.8, 4) is 17.3 Å². The van der Waals surface area contributed by atoms with Gasteiger partial charge in [-0.1, -0.05) is 5.16 Å². The van der Waals surface area contributed by atoms with E-state index in [-0.39, 0.29) is 17.6 Å². The van der Waals surface area contributed by atoms with Crippen molar-refractivity contribution in [2.45, 2.75) is 24.8 Å². The maximum absolute atomic E-state index is 13.9. The van der Waals surface area contributed by atoms with Crippen molar-refractivity contribution >= 4 is 11.6 Å². The number of hydrogen-bond donors (Lipinski definition) is 1. The lowest BCUT2D eigenvalue weighted by molar-refractivity contribution is -0.136. The lowest BCUT2D eigenvalue weighted by atomic mass is 10.0. The molecular weight excluding hydrogens is 391 g/mol. The molecule has 30 heavy (non-hydrogen) atoms. The quantitative estimate of drug-likeness (QED) is 0.707. The number of nitrogens with zero attached hydrogens (tertiary/aromatic N) is 5. The van der Waals surface area contributed by atoms with E-state index in [0.717, 1.165) is 12.8 Å². The van der Waals surface area contributed by atoms with Crippen LogP contribution in [0.15, 0.2) is 29.0 Å². The fourth-order valence-corrected chi connectivity index (χ4v) is 4.03. The van der Waals surface area contributed by atoms with E-state index in [4.69, 9.17) is 9.26 Å². The van der Waals surface area contributed by atoms with Crippen LogP contribution >= 0.6 is 0 Å². The van der Waals surface area contributed by atoms with Crippen LogP contribution in [0.4, 0.5) is 10.1 Å². The van der Waals surface area contributed by atoms with E-state index in [0.29, 0.717) is 60.8 Å². The summed E-state index contributed by atoms with van der Waals surface area (Å²) in [6.07, 6.45) is 3.72. The molecule has 1 saturated carbocycles. The number of amides is 1. The number of anilines is 1. The van der Waals surface area contributed by atoms with Crippen LogP contribution in [0.3, 0.4) is 0 Å². The van der Waals surface area contributed by atoms with Gasteiger partial charge in [-0.05, 0) is 31.0 Å². The number of fused-ring (bicyclic) bond motifs is 3. The fourth-order valence-electron chi connectivity index (χ4n) is 4.03. The molecule has 3 aromatic rings. The zero-order chi connectivity index (χ0) is 20.2. The Hall–Kier alpha value is -3.27. The summed E-state index contributed by atoms with van der Waals surface area (Å²) in [4.78, 5) is 24.2. The van der Waals surface area contributed by atoms with Gasteiger partial charge in [0.2, 0.25) is 0 Å². The summed E-state index contributed by atoms with van der Waals surface area (Å²) in [6, 6.07) is 3.67. The second kappa shape index (κ2) is 6.63. The molecule has 3 aliphatic rings. The van der Waals surface area contributed by atoms with Crippen molar-refractivity contribution in [1.82, 2.24) is 24.6 Å². The van der Waals surface area contributed by atoms with Gasteiger partial charge in [0.15, 0.2) is 11.5 Å². The molecule has 1 aliphatic carbocycles. The number of rotatable bonds is 3. The molecule has 154 valence electrons. The molecule has 1 unspecified atom stereocenters. The number of ether oxygens (including phenoxy) is 1. The summed E-state index contributed by atoms with van der Waals surface area (Å²) in [7, 11) is 0. The van der Waals surface area contributed by atoms with Gasteiger partial charge in [0.1, 0.15) is 18.2 Å². The Morgan fingerprint density at radius 2 is 2.07 bits per heavy atom. The molecule has 1 amide bonds. The van der Waals surface area contributed by atoms with Crippen LogP contribution in [0.2, 0.25) is 0 Å². The molecule has 1 N–H and O–H groups in total. The Labute approximate surface area is 170 Å². The maximum Gasteiger partial charge on any atom is 0.278 e. The molecule has 0 spiro atoms. The molecule has 2 aliphatic heterocycles. The summed E-state index contributed by atoms with van der Waals surface area (Å²) in [5.41, 5.74) is 2.31. The number of carbonyl (C=O) groups excluding carboxylic acids is 1. The lowest BCUT2D eigenvalue weighted by Gasteiger charge is -2.34. The standard InChI is InChI=1S/C20H19FN6O3/c21-12-3-4-14-13(9-12)23-16(20(28)26-5-7-29-8-6-26)17-15(22-10-27(14)17)19-24-18(25-30-19)11-1-2-11/h3-4,9-11,16,23H,1-2,5-8H2. The number of carbonyl (C=O) groups is 1. The van der Waals surface area contributed by atoms with Gasteiger partial charge in [0.05, 0.1) is 30.3 Å². The first-order valence-corrected chi connectivity index (χ1v) is 10.0. The molecule has 1 saturated heterocycles. The van der Waals surface area contributed by atoms with E-state index < -0.39 is 6.04 Å². The van der Waals surface area contributed by atoms with Gasteiger partial charge in [0.25, 0.3) is 11.8 Å².